The minimum absolute atomic E-state index is 0.00123. The molecule has 9 rings (SSSR count). The van der Waals surface area contributed by atoms with Gasteiger partial charge in [0.1, 0.15) is 24.6 Å². The highest BCUT2D eigenvalue weighted by molar-refractivity contribution is 7.29. The van der Waals surface area contributed by atoms with E-state index in [0.717, 1.165) is 159 Å². The monoisotopic (exact) mass is 1300 g/mol. The molecule has 16 heteroatoms. The first-order valence-corrected chi connectivity index (χ1v) is 35.7. The van der Waals surface area contributed by atoms with E-state index in [9.17, 15) is 32.4 Å². The number of allylic oxidation sites excluding steroid dienone is 5. The van der Waals surface area contributed by atoms with Crippen LogP contribution in [0.5, 0.6) is 11.5 Å². The Balaban J connectivity index is 1.27. The smallest absolute Gasteiger partial charge is 0.492 e. The number of fused-ring (bicyclic) bond motifs is 5. The van der Waals surface area contributed by atoms with Crippen LogP contribution in [0.2, 0.25) is 0 Å². The van der Waals surface area contributed by atoms with Gasteiger partial charge < -0.3 is 9.47 Å². The molecule has 3 aliphatic carbocycles. The van der Waals surface area contributed by atoms with Crippen LogP contribution in [0.25, 0.3) is 67.1 Å². The molecule has 474 valence electrons. The molecule has 0 fully saturated rings. The molecule has 0 amide bonds. The molecule has 0 radical (unpaired) electrons. The van der Waals surface area contributed by atoms with Crippen molar-refractivity contribution in [3.63, 3.8) is 0 Å². The zero-order chi connectivity index (χ0) is 65.3. The Morgan fingerprint density at radius 2 is 0.890 bits per heavy atom. The van der Waals surface area contributed by atoms with Gasteiger partial charge in [-0.05, 0) is 132 Å². The van der Waals surface area contributed by atoms with Gasteiger partial charge in [-0.2, -0.15) is 9.69 Å². The van der Waals surface area contributed by atoms with Crippen molar-refractivity contribution in [1.29, 1.82) is 5.26 Å². The van der Waals surface area contributed by atoms with E-state index in [4.69, 9.17) is 29.2 Å². The molecule has 91 heavy (non-hydrogen) atoms. The molecule has 0 aliphatic heterocycles. The average molecular weight is 1300 g/mol. The second-order valence-electron chi connectivity index (χ2n) is 24.4. The summed E-state index contributed by atoms with van der Waals surface area (Å²) in [6, 6.07) is 14.0. The normalized spacial score (nSPS) is 17.5. The summed E-state index contributed by atoms with van der Waals surface area (Å²) in [5.41, 5.74) is 1.46. The van der Waals surface area contributed by atoms with Gasteiger partial charge in [0.2, 0.25) is 0 Å². The highest BCUT2D eigenvalue weighted by Crippen LogP contribution is 2.64. The van der Waals surface area contributed by atoms with Crippen LogP contribution in [-0.4, -0.2) is 24.8 Å². The summed E-state index contributed by atoms with van der Waals surface area (Å²) in [4.78, 5) is 46.3. The van der Waals surface area contributed by atoms with Crippen molar-refractivity contribution in [3.8, 4) is 46.8 Å². The van der Waals surface area contributed by atoms with E-state index in [1.54, 1.807) is 34.8 Å². The van der Waals surface area contributed by atoms with E-state index in [1.165, 1.54) is 43.6 Å². The molecule has 0 bridgehead atoms. The second kappa shape index (κ2) is 30.5. The number of rotatable bonds is 30. The van der Waals surface area contributed by atoms with Crippen LogP contribution in [0.3, 0.4) is 0 Å². The first kappa shape index (κ1) is 68.2. The molecule has 0 saturated carbocycles. The number of carbonyl (C=O) groups is 2. The van der Waals surface area contributed by atoms with Crippen molar-refractivity contribution < 1.29 is 36.6 Å². The van der Waals surface area contributed by atoms with Crippen LogP contribution in [0.15, 0.2) is 71.2 Å². The van der Waals surface area contributed by atoms with E-state index in [-0.39, 0.29) is 56.4 Å². The number of thiophene rings is 4. The van der Waals surface area contributed by atoms with Gasteiger partial charge in [-0.3, -0.25) is 9.59 Å². The minimum Gasteiger partial charge on any atom is -0.492 e. The van der Waals surface area contributed by atoms with Gasteiger partial charge >= 0.3 is 5.82 Å². The molecule has 4 unspecified atom stereocenters. The summed E-state index contributed by atoms with van der Waals surface area (Å²) in [7, 11) is 0. The topological polar surface area (TPSA) is 89.5 Å². The van der Waals surface area contributed by atoms with Gasteiger partial charge in [-0.15, -0.1) is 45.3 Å². The fraction of sp³-hybridized carbons (Fsp3) is 0.440. The highest BCUT2D eigenvalue weighted by atomic mass is 32.1. The van der Waals surface area contributed by atoms with E-state index in [1.807, 2.05) is 18.2 Å². The third-order valence-corrected chi connectivity index (χ3v) is 23.5. The predicted molar refractivity (Wildman–Crippen MR) is 365 cm³/mol. The molecule has 2 aromatic carbocycles. The van der Waals surface area contributed by atoms with Crippen LogP contribution < -0.4 is 9.47 Å². The average Bonchev–Trinajstić information content (AvgIpc) is 1.54. The number of hydrogen-bond acceptors (Lipinski definition) is 9. The molecule has 0 spiro atoms. The quantitative estimate of drug-likeness (QED) is 0.0194. The van der Waals surface area contributed by atoms with E-state index >= 15 is 0 Å². The molecule has 4 atom stereocenters. The van der Waals surface area contributed by atoms with E-state index in [0.29, 0.717) is 46.3 Å². The van der Waals surface area contributed by atoms with Crippen molar-refractivity contribution in [2.45, 2.75) is 176 Å². The zero-order valence-corrected chi connectivity index (χ0v) is 56.6. The van der Waals surface area contributed by atoms with Crippen LogP contribution in [-0.2, 0) is 5.41 Å². The van der Waals surface area contributed by atoms with E-state index < -0.39 is 51.8 Å². The number of hydrogen-bond donors (Lipinski definition) is 0. The Labute approximate surface area is 550 Å². The summed E-state index contributed by atoms with van der Waals surface area (Å²) in [5, 5.41) is 10.2. The Bertz CT molecular complexity index is 3760. The highest BCUT2D eigenvalue weighted by Gasteiger charge is 2.49. The molecule has 6 aromatic rings. The lowest BCUT2D eigenvalue weighted by molar-refractivity contribution is 0.103. The third-order valence-electron chi connectivity index (χ3n) is 18.6. The van der Waals surface area contributed by atoms with Crippen molar-refractivity contribution in [3.05, 3.63) is 172 Å². The van der Waals surface area contributed by atoms with E-state index in [2.05, 4.69) is 82.1 Å². The van der Waals surface area contributed by atoms with Gasteiger partial charge in [0, 0.05) is 62.5 Å². The standard InChI is InChI=1S/C75H78F4N4O4S4/c1-12-20-24-43(16-5)38-75(39-44(17-6)25-21-13-2)55-36-64(72-62(86-41-45(18-7)26-22-14-3)30-47(88-72)28-53-66(61(40-80)81-9)49-32-57(76)59(78)34-51(49)68(53)84)90-70(55)71-56(75)37-65(91-71)73-63(87-42-46(19-8)27-23-15-4)31-48(89-73)29-54-67(74(82-10)83-11)50-33-58(77)60(79)35-52(50)69(54)85/h28-37,43-46H,12-27,38-39,41-42H2,1-8H3/b53-28-,54-29-,66-61-. The summed E-state index contributed by atoms with van der Waals surface area (Å²) >= 11 is 6.32. The summed E-state index contributed by atoms with van der Waals surface area (Å²) in [6.45, 7) is 42.5. The molecule has 0 saturated heterocycles. The largest absolute Gasteiger partial charge is 0.528 e. The van der Waals surface area contributed by atoms with Gasteiger partial charge in [0.25, 0.3) is 5.70 Å². The number of halogens is 4. The van der Waals surface area contributed by atoms with Crippen LogP contribution in [0.4, 0.5) is 17.6 Å². The summed E-state index contributed by atoms with van der Waals surface area (Å²) in [6.07, 6.45) is 21.6. The summed E-state index contributed by atoms with van der Waals surface area (Å²) < 4.78 is 73.5. The lowest BCUT2D eigenvalue weighted by Crippen LogP contribution is -2.31. The fourth-order valence-corrected chi connectivity index (χ4v) is 18.3. The number of Topliss-reactive ketones (excluding diaryl/α,β-unsaturated/α-hetero) is 2. The Hall–Kier alpha value is -7.18. The molecule has 3 aliphatic rings. The molecule has 4 aromatic heterocycles. The van der Waals surface area contributed by atoms with Crippen LogP contribution >= 0.6 is 45.3 Å². The first-order valence-electron chi connectivity index (χ1n) is 32.4. The maximum Gasteiger partial charge on any atom is 0.528 e. The number of benzene rings is 2. The van der Waals surface area contributed by atoms with Gasteiger partial charge in [0.15, 0.2) is 34.8 Å². The molecule has 4 heterocycles. The van der Waals surface area contributed by atoms with Crippen molar-refractivity contribution in [2.24, 2.45) is 23.7 Å². The number of carbonyl (C=O) groups excluding carboxylic acids is 2. The Morgan fingerprint density at radius 3 is 1.25 bits per heavy atom. The molecular formula is C75H78F4N4O4S4. The first-order chi connectivity index (χ1) is 44.0. The van der Waals surface area contributed by atoms with Gasteiger partial charge in [-0.25, -0.2) is 27.7 Å². The number of nitrogens with zero attached hydrogens (tertiary/aromatic N) is 4. The zero-order valence-electron chi connectivity index (χ0n) is 53.3. The lowest BCUT2D eigenvalue weighted by Gasteiger charge is -2.37. The lowest BCUT2D eigenvalue weighted by atomic mass is 9.65. The Morgan fingerprint density at radius 1 is 0.516 bits per heavy atom. The number of ether oxygens (including phenoxy) is 2. The third kappa shape index (κ3) is 14.0. The van der Waals surface area contributed by atoms with Crippen LogP contribution in [0.1, 0.15) is 224 Å². The maximum absolute atomic E-state index is 15.0. The molecule has 0 N–H and O–H groups in total. The second-order valence-corrected chi connectivity index (χ2v) is 28.7. The van der Waals surface area contributed by atoms with Crippen molar-refractivity contribution >= 4 is 80.2 Å². The Kier molecular flexibility index (Phi) is 22.9. The maximum atomic E-state index is 15.0. The fourth-order valence-electron chi connectivity index (χ4n) is 13.3. The number of nitriles is 1. The van der Waals surface area contributed by atoms with Crippen molar-refractivity contribution in [1.82, 2.24) is 0 Å². The SMILES string of the molecule is [C-]#[N+]C([N+]#[C-])=C1/C(=C/c2cc(OCC(CC)CCCC)c(-c3cc4c(s3)-c3sc(-c5sc(/C=C6\C(=O)c7cc(F)c(F)cc7\C6=C(/C#N)[N+]#[C-])cc5OCC(CC)CCCC)cc3C4(CC(CC)CCCC)CC(CC)CCCC)s2)C(=O)c2cc(F)c(F)cc21. The van der Waals surface area contributed by atoms with Crippen LogP contribution in [0, 0.1) is 78.0 Å². The molecule has 8 nitrogen and oxygen atoms in total. The molecular weight excluding hydrogens is 1230 g/mol. The number of unbranched alkanes of at least 4 members (excludes halogenated alkanes) is 4. The summed E-state index contributed by atoms with van der Waals surface area (Å²) in [5.74, 6) is -3.80. The van der Waals surface area contributed by atoms with Gasteiger partial charge in [-0.1, -0.05) is 145 Å². The predicted octanol–water partition coefficient (Wildman–Crippen LogP) is 23.7. The number of ketones is 2. The minimum atomic E-state index is -1.20. The van der Waals surface area contributed by atoms with Crippen molar-refractivity contribution in [2.75, 3.05) is 13.2 Å². The van der Waals surface area contributed by atoms with Gasteiger partial charge in [0.05, 0.1) is 41.2 Å².